The Bertz CT molecular complexity index is 414. The number of carbonyl (C=O) groups is 1. The molecule has 98 valence electrons. The quantitative estimate of drug-likeness (QED) is 0.866. The van der Waals surface area contributed by atoms with Gasteiger partial charge in [0.2, 0.25) is 5.91 Å². The van der Waals surface area contributed by atoms with Crippen LogP contribution in [0.5, 0.6) is 0 Å². The number of rotatable bonds is 2. The summed E-state index contributed by atoms with van der Waals surface area (Å²) >= 11 is 0. The van der Waals surface area contributed by atoms with Gasteiger partial charge in [0.25, 0.3) is 0 Å². The summed E-state index contributed by atoms with van der Waals surface area (Å²) < 4.78 is 0. The van der Waals surface area contributed by atoms with Crippen molar-refractivity contribution in [1.82, 2.24) is 4.90 Å². The van der Waals surface area contributed by atoms with Crippen molar-refractivity contribution < 1.29 is 4.79 Å². The number of piperidine rings is 1. The molecule has 1 unspecified atom stereocenters. The number of nitrogens with zero attached hydrogens (tertiary/aromatic N) is 1. The van der Waals surface area contributed by atoms with Crippen LogP contribution in [-0.4, -0.2) is 29.9 Å². The minimum Gasteiger partial charge on any atom is -0.340 e. The van der Waals surface area contributed by atoms with Crippen LogP contribution < -0.4 is 5.73 Å². The van der Waals surface area contributed by atoms with Crippen LogP contribution in [0.15, 0.2) is 30.3 Å². The molecule has 0 radical (unpaired) electrons. The minimum absolute atomic E-state index is 0.134. The maximum absolute atomic E-state index is 12.6. The Hall–Kier alpha value is -1.35. The largest absolute Gasteiger partial charge is 0.340 e. The normalized spacial score (nSPS) is 20.8. The van der Waals surface area contributed by atoms with Crippen LogP contribution in [0.3, 0.4) is 0 Å². The number of likely N-dealkylation sites (tertiary alicyclic amines) is 1. The summed E-state index contributed by atoms with van der Waals surface area (Å²) in [6.07, 6.45) is 2.04. The summed E-state index contributed by atoms with van der Waals surface area (Å²) in [5, 5.41) is 0. The van der Waals surface area contributed by atoms with Crippen molar-refractivity contribution in [1.29, 1.82) is 0 Å². The third kappa shape index (κ3) is 2.56. The molecule has 2 N–H and O–H groups in total. The lowest BCUT2D eigenvalue weighted by Crippen LogP contribution is -2.51. The Kier molecular flexibility index (Phi) is 3.71. The Balaban J connectivity index is 2.17. The summed E-state index contributed by atoms with van der Waals surface area (Å²) in [6.45, 7) is 5.51. The van der Waals surface area contributed by atoms with Gasteiger partial charge in [0.05, 0.1) is 5.41 Å². The molecule has 1 fully saturated rings. The highest BCUT2D eigenvalue weighted by atomic mass is 16.2. The van der Waals surface area contributed by atoms with Gasteiger partial charge in [-0.2, -0.15) is 0 Å². The van der Waals surface area contributed by atoms with Crippen molar-refractivity contribution >= 4 is 5.91 Å². The summed E-state index contributed by atoms with van der Waals surface area (Å²) in [6, 6.07) is 10.1. The average molecular weight is 246 g/mol. The molecule has 0 spiro atoms. The fourth-order valence-corrected chi connectivity index (χ4v) is 2.57. The number of nitrogens with two attached hydrogens (primary N) is 1. The van der Waals surface area contributed by atoms with Crippen molar-refractivity contribution in [3.8, 4) is 0 Å². The first-order valence-electron chi connectivity index (χ1n) is 6.62. The second-order valence-electron chi connectivity index (χ2n) is 5.64. The molecule has 3 nitrogen and oxygen atoms in total. The fraction of sp³-hybridized carbons (Fsp3) is 0.533. The molecule has 3 heteroatoms. The number of hydrogen-bond donors (Lipinski definition) is 1. The molecule has 1 aliphatic rings. The highest BCUT2D eigenvalue weighted by Gasteiger charge is 2.35. The number of benzene rings is 1. The molecule has 1 aromatic carbocycles. The summed E-state index contributed by atoms with van der Waals surface area (Å²) in [4.78, 5) is 14.6. The van der Waals surface area contributed by atoms with E-state index >= 15 is 0 Å². The van der Waals surface area contributed by atoms with E-state index in [1.165, 1.54) is 0 Å². The van der Waals surface area contributed by atoms with Crippen molar-refractivity contribution in [2.75, 3.05) is 13.1 Å². The SMILES string of the molecule is CC(C)(C(=O)N1CCCC(N)C1)c1ccccc1. The second-order valence-corrected chi connectivity index (χ2v) is 5.64. The summed E-state index contributed by atoms with van der Waals surface area (Å²) in [5.41, 5.74) is 6.54. The molecular formula is C15H22N2O. The van der Waals surface area contributed by atoms with Crippen molar-refractivity contribution in [2.24, 2.45) is 5.73 Å². The summed E-state index contributed by atoms with van der Waals surface area (Å²) in [5.74, 6) is 0.184. The molecule has 1 amide bonds. The minimum atomic E-state index is -0.474. The predicted octanol–water partition coefficient (Wildman–Crippen LogP) is 1.91. The van der Waals surface area contributed by atoms with E-state index in [0.717, 1.165) is 24.9 Å². The Morgan fingerprint density at radius 2 is 2.00 bits per heavy atom. The Morgan fingerprint density at radius 1 is 1.33 bits per heavy atom. The standard InChI is InChI=1S/C15H22N2O/c1-15(2,12-7-4-3-5-8-12)14(18)17-10-6-9-13(16)11-17/h3-5,7-8,13H,6,9-11,16H2,1-2H3. The van der Waals surface area contributed by atoms with Gasteiger partial charge >= 0.3 is 0 Å². The fourth-order valence-electron chi connectivity index (χ4n) is 2.57. The molecule has 1 heterocycles. The third-order valence-electron chi connectivity index (χ3n) is 3.78. The van der Waals surface area contributed by atoms with E-state index in [4.69, 9.17) is 5.73 Å². The molecule has 1 saturated heterocycles. The van der Waals surface area contributed by atoms with Gasteiger partial charge in [-0.1, -0.05) is 30.3 Å². The average Bonchev–Trinajstić information content (AvgIpc) is 2.39. The van der Waals surface area contributed by atoms with Crippen LogP contribution in [-0.2, 0) is 10.2 Å². The molecule has 1 aliphatic heterocycles. The van der Waals surface area contributed by atoms with Crippen molar-refractivity contribution in [2.45, 2.75) is 38.1 Å². The van der Waals surface area contributed by atoms with E-state index in [2.05, 4.69) is 0 Å². The first-order chi connectivity index (χ1) is 8.51. The van der Waals surface area contributed by atoms with Gasteiger partial charge < -0.3 is 10.6 Å². The van der Waals surface area contributed by atoms with Crippen LogP contribution in [0, 0.1) is 0 Å². The molecule has 0 saturated carbocycles. The predicted molar refractivity (Wildman–Crippen MR) is 73.3 cm³/mol. The van der Waals surface area contributed by atoms with Gasteiger partial charge in [0.15, 0.2) is 0 Å². The van der Waals surface area contributed by atoms with Gasteiger partial charge in [0, 0.05) is 19.1 Å². The van der Waals surface area contributed by atoms with Crippen LogP contribution in [0.25, 0.3) is 0 Å². The van der Waals surface area contributed by atoms with E-state index in [0.29, 0.717) is 6.54 Å². The molecule has 1 atom stereocenters. The second kappa shape index (κ2) is 5.11. The lowest BCUT2D eigenvalue weighted by molar-refractivity contribution is -0.137. The smallest absolute Gasteiger partial charge is 0.232 e. The van der Waals surface area contributed by atoms with Gasteiger partial charge in [-0.25, -0.2) is 0 Å². The van der Waals surface area contributed by atoms with E-state index < -0.39 is 5.41 Å². The van der Waals surface area contributed by atoms with Crippen LogP contribution in [0.4, 0.5) is 0 Å². The Labute approximate surface area is 109 Å². The summed E-state index contributed by atoms with van der Waals surface area (Å²) in [7, 11) is 0. The van der Waals surface area contributed by atoms with Gasteiger partial charge in [-0.05, 0) is 32.3 Å². The van der Waals surface area contributed by atoms with Crippen molar-refractivity contribution in [3.05, 3.63) is 35.9 Å². The maximum Gasteiger partial charge on any atom is 0.232 e. The number of carbonyl (C=O) groups excluding carboxylic acids is 1. The topological polar surface area (TPSA) is 46.3 Å². The molecule has 0 bridgehead atoms. The molecule has 18 heavy (non-hydrogen) atoms. The molecule has 0 aromatic heterocycles. The van der Waals surface area contributed by atoms with Crippen LogP contribution >= 0.6 is 0 Å². The zero-order valence-corrected chi connectivity index (χ0v) is 11.2. The number of amides is 1. The number of hydrogen-bond acceptors (Lipinski definition) is 2. The highest BCUT2D eigenvalue weighted by Crippen LogP contribution is 2.26. The van der Waals surface area contributed by atoms with E-state index in [1.54, 1.807) is 0 Å². The van der Waals surface area contributed by atoms with Crippen molar-refractivity contribution in [3.63, 3.8) is 0 Å². The van der Waals surface area contributed by atoms with Gasteiger partial charge in [-0.15, -0.1) is 0 Å². The first-order valence-corrected chi connectivity index (χ1v) is 6.62. The lowest BCUT2D eigenvalue weighted by Gasteiger charge is -2.36. The molecule has 2 rings (SSSR count). The molecule has 1 aromatic rings. The van der Waals surface area contributed by atoms with Crippen LogP contribution in [0.1, 0.15) is 32.3 Å². The molecular weight excluding hydrogens is 224 g/mol. The first kappa shape index (κ1) is 13.1. The Morgan fingerprint density at radius 3 is 2.61 bits per heavy atom. The van der Waals surface area contributed by atoms with Gasteiger partial charge in [0.1, 0.15) is 0 Å². The monoisotopic (exact) mass is 246 g/mol. The van der Waals surface area contributed by atoms with E-state index in [1.807, 2.05) is 49.1 Å². The van der Waals surface area contributed by atoms with Gasteiger partial charge in [-0.3, -0.25) is 4.79 Å². The molecule has 0 aliphatic carbocycles. The van der Waals surface area contributed by atoms with E-state index in [-0.39, 0.29) is 11.9 Å². The zero-order valence-electron chi connectivity index (χ0n) is 11.2. The highest BCUT2D eigenvalue weighted by molar-refractivity contribution is 5.87. The maximum atomic E-state index is 12.6. The lowest BCUT2D eigenvalue weighted by atomic mass is 9.82. The van der Waals surface area contributed by atoms with E-state index in [9.17, 15) is 4.79 Å². The third-order valence-corrected chi connectivity index (χ3v) is 3.78. The van der Waals surface area contributed by atoms with Crippen LogP contribution in [0.2, 0.25) is 0 Å². The zero-order chi connectivity index (χ0) is 13.2.